The lowest BCUT2D eigenvalue weighted by molar-refractivity contribution is 0.0697. The van der Waals surface area contributed by atoms with Gasteiger partial charge in [0.05, 0.1) is 18.4 Å². The molecule has 0 unspecified atom stereocenters. The van der Waals surface area contributed by atoms with Gasteiger partial charge >= 0.3 is 5.97 Å². The molecule has 18 heavy (non-hydrogen) atoms. The molecule has 1 N–H and O–H groups in total. The lowest BCUT2D eigenvalue weighted by atomic mass is 10.2. The molecule has 2 rings (SSSR count). The molecule has 94 valence electrons. The van der Waals surface area contributed by atoms with E-state index in [1.807, 2.05) is 13.0 Å². The molecule has 0 radical (unpaired) electrons. The highest BCUT2D eigenvalue weighted by atomic mass is 32.1. The van der Waals surface area contributed by atoms with Crippen LogP contribution in [0, 0.1) is 0 Å². The molecule has 0 aliphatic heterocycles. The normalized spacial score (nSPS) is 10.3. The highest BCUT2D eigenvalue weighted by Gasteiger charge is 2.09. The predicted molar refractivity (Wildman–Crippen MR) is 70.3 cm³/mol. The van der Waals surface area contributed by atoms with Crippen LogP contribution in [-0.4, -0.2) is 22.7 Å². The number of nitrogens with zero attached hydrogens (tertiary/aromatic N) is 1. The van der Waals surface area contributed by atoms with Crippen molar-refractivity contribution in [1.82, 2.24) is 4.98 Å². The molecule has 0 aliphatic carbocycles. The number of ether oxygens (including phenoxy) is 1. The maximum atomic E-state index is 10.8. The average molecular weight is 263 g/mol. The molecule has 5 heteroatoms. The molecule has 0 amide bonds. The van der Waals surface area contributed by atoms with Crippen LogP contribution in [0.25, 0.3) is 10.4 Å². The summed E-state index contributed by atoms with van der Waals surface area (Å²) in [5, 5.41) is 10.5. The molecule has 4 nitrogen and oxygen atoms in total. The fraction of sp³-hybridized carbons (Fsp3) is 0.231. The van der Waals surface area contributed by atoms with Crippen LogP contribution in [0.15, 0.2) is 29.9 Å². The number of carbonyl (C=O) groups is 1. The van der Waals surface area contributed by atoms with Gasteiger partial charge < -0.3 is 9.84 Å². The Morgan fingerprint density at radius 1 is 1.44 bits per heavy atom. The second kappa shape index (κ2) is 5.64. The van der Waals surface area contributed by atoms with Crippen LogP contribution in [0.4, 0.5) is 0 Å². The lowest BCUT2D eigenvalue weighted by Crippen LogP contribution is -1.95. The topological polar surface area (TPSA) is 59.4 Å². The van der Waals surface area contributed by atoms with Crippen LogP contribution in [0.2, 0.25) is 0 Å². The first-order chi connectivity index (χ1) is 8.70. The Hall–Kier alpha value is -1.88. The summed E-state index contributed by atoms with van der Waals surface area (Å²) in [6.45, 7) is 2.69. The Morgan fingerprint density at radius 2 is 2.28 bits per heavy atom. The van der Waals surface area contributed by atoms with Gasteiger partial charge in [0.2, 0.25) is 0 Å². The summed E-state index contributed by atoms with van der Waals surface area (Å²) in [5.41, 5.74) is 1.18. The van der Waals surface area contributed by atoms with Gasteiger partial charge in [-0.25, -0.2) is 4.79 Å². The third-order valence-corrected chi connectivity index (χ3v) is 3.30. The van der Waals surface area contributed by atoms with E-state index in [0.717, 1.165) is 16.9 Å². The number of pyridine rings is 1. The third kappa shape index (κ3) is 2.87. The van der Waals surface area contributed by atoms with Gasteiger partial charge in [-0.1, -0.05) is 6.92 Å². The SMILES string of the molecule is CCCOc1cncc(-c2cc(C(=O)O)cs2)c1. The first-order valence-corrected chi connectivity index (χ1v) is 6.48. The zero-order chi connectivity index (χ0) is 13.0. The number of hydrogen-bond acceptors (Lipinski definition) is 4. The van der Waals surface area contributed by atoms with E-state index in [4.69, 9.17) is 9.84 Å². The summed E-state index contributed by atoms with van der Waals surface area (Å²) in [6.07, 6.45) is 4.30. The van der Waals surface area contributed by atoms with Crippen LogP contribution in [0.1, 0.15) is 23.7 Å². The maximum absolute atomic E-state index is 10.8. The van der Waals surface area contributed by atoms with E-state index >= 15 is 0 Å². The average Bonchev–Trinajstić information content (AvgIpc) is 2.86. The number of carboxylic acid groups (broad SMARTS) is 1. The number of aromatic nitrogens is 1. The molecule has 0 saturated heterocycles. The van der Waals surface area contributed by atoms with E-state index in [9.17, 15) is 4.79 Å². The van der Waals surface area contributed by atoms with Crippen molar-refractivity contribution in [2.45, 2.75) is 13.3 Å². The molecular weight excluding hydrogens is 250 g/mol. The number of rotatable bonds is 5. The van der Waals surface area contributed by atoms with Crippen molar-refractivity contribution in [3.8, 4) is 16.2 Å². The minimum Gasteiger partial charge on any atom is -0.492 e. The summed E-state index contributed by atoms with van der Waals surface area (Å²) in [4.78, 5) is 15.8. The largest absolute Gasteiger partial charge is 0.492 e. The van der Waals surface area contributed by atoms with Gasteiger partial charge in [-0.15, -0.1) is 11.3 Å². The van der Waals surface area contributed by atoms with E-state index in [1.165, 1.54) is 11.3 Å². The quantitative estimate of drug-likeness (QED) is 0.899. The van der Waals surface area contributed by atoms with Crippen molar-refractivity contribution in [2.75, 3.05) is 6.61 Å². The summed E-state index contributed by atoms with van der Waals surface area (Å²) >= 11 is 1.39. The van der Waals surface area contributed by atoms with Crippen LogP contribution >= 0.6 is 11.3 Å². The zero-order valence-corrected chi connectivity index (χ0v) is 10.7. The monoisotopic (exact) mass is 263 g/mol. The van der Waals surface area contributed by atoms with E-state index < -0.39 is 5.97 Å². The number of carboxylic acids is 1. The standard InChI is InChI=1S/C13H13NO3S/c1-2-3-17-11-4-9(6-14-7-11)12-5-10(8-18-12)13(15)16/h4-8H,2-3H2,1H3,(H,15,16). The van der Waals surface area contributed by atoms with Gasteiger partial charge in [-0.05, 0) is 18.6 Å². The summed E-state index contributed by atoms with van der Waals surface area (Å²) in [6, 6.07) is 3.52. The molecular formula is C13H13NO3S. The second-order valence-corrected chi connectivity index (χ2v) is 4.67. The molecule has 0 saturated carbocycles. The van der Waals surface area contributed by atoms with E-state index in [0.29, 0.717) is 17.9 Å². The molecule has 0 aliphatic rings. The van der Waals surface area contributed by atoms with E-state index in [1.54, 1.807) is 23.8 Å². The predicted octanol–water partition coefficient (Wildman–Crippen LogP) is 3.30. The molecule has 0 spiro atoms. The number of hydrogen-bond donors (Lipinski definition) is 1. The van der Waals surface area contributed by atoms with Crippen molar-refractivity contribution in [3.05, 3.63) is 35.5 Å². The third-order valence-electron chi connectivity index (χ3n) is 2.32. The van der Waals surface area contributed by atoms with Gasteiger partial charge in [0, 0.05) is 22.0 Å². The minimum atomic E-state index is -0.913. The molecule has 0 bridgehead atoms. The molecule has 2 heterocycles. The van der Waals surface area contributed by atoms with Crippen molar-refractivity contribution < 1.29 is 14.6 Å². The Balaban J connectivity index is 2.23. The Bertz CT molecular complexity index is 551. The van der Waals surface area contributed by atoms with Crippen LogP contribution in [-0.2, 0) is 0 Å². The Labute approximate surface area is 109 Å². The van der Waals surface area contributed by atoms with Crippen LogP contribution in [0.5, 0.6) is 5.75 Å². The van der Waals surface area contributed by atoms with Crippen LogP contribution in [0.3, 0.4) is 0 Å². The van der Waals surface area contributed by atoms with E-state index in [-0.39, 0.29) is 0 Å². The number of aromatic carboxylic acids is 1. The van der Waals surface area contributed by atoms with Gasteiger partial charge in [-0.2, -0.15) is 0 Å². The molecule has 0 fully saturated rings. The lowest BCUT2D eigenvalue weighted by Gasteiger charge is -2.04. The fourth-order valence-electron chi connectivity index (χ4n) is 1.45. The number of thiophene rings is 1. The van der Waals surface area contributed by atoms with Crippen molar-refractivity contribution in [3.63, 3.8) is 0 Å². The summed E-state index contributed by atoms with van der Waals surface area (Å²) in [5.74, 6) is -0.205. The minimum absolute atomic E-state index is 0.301. The van der Waals surface area contributed by atoms with Crippen LogP contribution < -0.4 is 4.74 Å². The smallest absolute Gasteiger partial charge is 0.336 e. The first kappa shape index (κ1) is 12.6. The molecule has 2 aromatic rings. The van der Waals surface area contributed by atoms with Gasteiger partial charge in [0.15, 0.2) is 0 Å². The molecule has 2 aromatic heterocycles. The fourth-order valence-corrected chi connectivity index (χ4v) is 2.32. The highest BCUT2D eigenvalue weighted by Crippen LogP contribution is 2.28. The van der Waals surface area contributed by atoms with Crippen molar-refractivity contribution in [2.24, 2.45) is 0 Å². The van der Waals surface area contributed by atoms with Gasteiger partial charge in [-0.3, -0.25) is 4.98 Å². The van der Waals surface area contributed by atoms with Gasteiger partial charge in [0.25, 0.3) is 0 Å². The zero-order valence-electron chi connectivity index (χ0n) is 9.92. The Morgan fingerprint density at radius 3 is 2.94 bits per heavy atom. The first-order valence-electron chi connectivity index (χ1n) is 5.60. The van der Waals surface area contributed by atoms with Crippen molar-refractivity contribution in [1.29, 1.82) is 0 Å². The van der Waals surface area contributed by atoms with Gasteiger partial charge in [0.1, 0.15) is 5.75 Å². The second-order valence-electron chi connectivity index (χ2n) is 3.76. The van der Waals surface area contributed by atoms with E-state index in [2.05, 4.69) is 4.98 Å². The molecule has 0 aromatic carbocycles. The summed E-state index contributed by atoms with van der Waals surface area (Å²) in [7, 11) is 0. The summed E-state index contributed by atoms with van der Waals surface area (Å²) < 4.78 is 5.50. The Kier molecular flexibility index (Phi) is 3.94. The highest BCUT2D eigenvalue weighted by molar-refractivity contribution is 7.13. The van der Waals surface area contributed by atoms with Crippen molar-refractivity contribution >= 4 is 17.3 Å². The molecule has 0 atom stereocenters. The maximum Gasteiger partial charge on any atom is 0.336 e.